The summed E-state index contributed by atoms with van der Waals surface area (Å²) in [5.74, 6) is 0. The fourth-order valence-electron chi connectivity index (χ4n) is 1.29. The molecule has 1 aromatic rings. The molecule has 0 bridgehead atoms. The molecule has 78 valence electrons. The minimum atomic E-state index is 0.924. The van der Waals surface area contributed by atoms with Crippen LogP contribution in [0, 0.1) is 0 Å². The molecular weight excluding hydrogens is 174 g/mol. The maximum Gasteiger partial charge on any atom is 0.0312 e. The molecule has 3 heteroatoms. The van der Waals surface area contributed by atoms with Crippen LogP contribution in [0.4, 0.5) is 0 Å². The van der Waals surface area contributed by atoms with Gasteiger partial charge < -0.3 is 10.6 Å². The number of nitrogens with zero attached hydrogens (tertiary/aromatic N) is 1. The Balaban J connectivity index is 1.99. The highest BCUT2D eigenvalue weighted by Gasteiger charge is 1.91. The average molecular weight is 193 g/mol. The van der Waals surface area contributed by atoms with Crippen molar-refractivity contribution in [1.82, 2.24) is 15.6 Å². The summed E-state index contributed by atoms with van der Waals surface area (Å²) in [7, 11) is 1.99. The second-order valence-corrected chi connectivity index (χ2v) is 3.35. The topological polar surface area (TPSA) is 37.0 Å². The number of unbranched alkanes of at least 4 members (excludes halogenated alkanes) is 1. The molecule has 0 aromatic carbocycles. The summed E-state index contributed by atoms with van der Waals surface area (Å²) in [4.78, 5) is 4.06. The van der Waals surface area contributed by atoms with Crippen LogP contribution in [0.15, 0.2) is 24.5 Å². The first-order chi connectivity index (χ1) is 6.93. The Kier molecular flexibility index (Phi) is 5.95. The lowest BCUT2D eigenvalue weighted by Gasteiger charge is -2.03. The molecule has 0 saturated heterocycles. The van der Waals surface area contributed by atoms with Crippen LogP contribution in [0.25, 0.3) is 0 Å². The zero-order chi connectivity index (χ0) is 10.1. The Morgan fingerprint density at radius 1 is 1.29 bits per heavy atom. The Labute approximate surface area is 85.9 Å². The molecule has 0 spiro atoms. The number of pyridine rings is 1. The molecule has 14 heavy (non-hydrogen) atoms. The Morgan fingerprint density at radius 3 is 2.86 bits per heavy atom. The van der Waals surface area contributed by atoms with Gasteiger partial charge in [0.15, 0.2) is 0 Å². The van der Waals surface area contributed by atoms with E-state index in [1.165, 1.54) is 18.4 Å². The van der Waals surface area contributed by atoms with Gasteiger partial charge in [0.25, 0.3) is 0 Å². The van der Waals surface area contributed by atoms with E-state index in [1.807, 2.05) is 19.3 Å². The van der Waals surface area contributed by atoms with Crippen molar-refractivity contribution >= 4 is 0 Å². The molecule has 0 saturated carbocycles. The van der Waals surface area contributed by atoms with Crippen molar-refractivity contribution < 1.29 is 0 Å². The summed E-state index contributed by atoms with van der Waals surface area (Å²) in [5, 5.41) is 6.53. The second-order valence-electron chi connectivity index (χ2n) is 3.35. The molecule has 1 heterocycles. The molecule has 1 aromatic heterocycles. The molecule has 0 unspecified atom stereocenters. The van der Waals surface area contributed by atoms with Crippen LogP contribution in [0.5, 0.6) is 0 Å². The van der Waals surface area contributed by atoms with Crippen molar-refractivity contribution in [2.24, 2.45) is 0 Å². The van der Waals surface area contributed by atoms with Crippen molar-refractivity contribution in [2.75, 3.05) is 20.1 Å². The van der Waals surface area contributed by atoms with Gasteiger partial charge in [-0.05, 0) is 44.6 Å². The van der Waals surface area contributed by atoms with E-state index in [1.54, 1.807) is 6.20 Å². The summed E-state index contributed by atoms with van der Waals surface area (Å²) in [5.41, 5.74) is 1.25. The molecule has 0 atom stereocenters. The van der Waals surface area contributed by atoms with Crippen LogP contribution in [0.1, 0.15) is 18.4 Å². The van der Waals surface area contributed by atoms with E-state index in [-0.39, 0.29) is 0 Å². The molecule has 0 aliphatic carbocycles. The molecule has 0 radical (unpaired) electrons. The van der Waals surface area contributed by atoms with E-state index >= 15 is 0 Å². The van der Waals surface area contributed by atoms with E-state index in [0.717, 1.165) is 19.6 Å². The van der Waals surface area contributed by atoms with Crippen LogP contribution >= 0.6 is 0 Å². The van der Waals surface area contributed by atoms with E-state index in [0.29, 0.717) is 0 Å². The van der Waals surface area contributed by atoms with E-state index in [2.05, 4.69) is 21.7 Å². The SMILES string of the molecule is CNCCCCNCc1cccnc1. The molecule has 0 fully saturated rings. The first kappa shape index (κ1) is 11.1. The smallest absolute Gasteiger partial charge is 0.0312 e. The second kappa shape index (κ2) is 7.47. The molecule has 1 rings (SSSR count). The summed E-state index contributed by atoms with van der Waals surface area (Å²) >= 11 is 0. The maximum absolute atomic E-state index is 4.06. The standard InChI is InChI=1S/C11H19N3/c1-12-6-2-3-7-13-9-11-5-4-8-14-10-11/h4-5,8,10,12-13H,2-3,6-7,9H2,1H3. The van der Waals surface area contributed by atoms with Gasteiger partial charge in [-0.2, -0.15) is 0 Å². The van der Waals surface area contributed by atoms with Crippen molar-refractivity contribution in [3.8, 4) is 0 Å². The number of hydrogen-bond acceptors (Lipinski definition) is 3. The molecule has 0 aliphatic heterocycles. The van der Waals surface area contributed by atoms with Crippen LogP contribution < -0.4 is 10.6 Å². The predicted molar refractivity (Wildman–Crippen MR) is 59.1 cm³/mol. The summed E-state index contributed by atoms with van der Waals surface area (Å²) < 4.78 is 0. The fourth-order valence-corrected chi connectivity index (χ4v) is 1.29. The Morgan fingerprint density at radius 2 is 2.14 bits per heavy atom. The van der Waals surface area contributed by atoms with Crippen molar-refractivity contribution in [3.05, 3.63) is 30.1 Å². The van der Waals surface area contributed by atoms with Gasteiger partial charge in [-0.15, -0.1) is 0 Å². The predicted octanol–water partition coefficient (Wildman–Crippen LogP) is 1.17. The molecule has 0 amide bonds. The van der Waals surface area contributed by atoms with Gasteiger partial charge in [0.1, 0.15) is 0 Å². The third-order valence-electron chi connectivity index (χ3n) is 2.08. The third kappa shape index (κ3) is 4.94. The molecule has 0 aliphatic rings. The summed E-state index contributed by atoms with van der Waals surface area (Å²) in [6.07, 6.45) is 6.16. The lowest BCUT2D eigenvalue weighted by Crippen LogP contribution is -2.16. The quantitative estimate of drug-likeness (QED) is 0.638. The van der Waals surface area contributed by atoms with Crippen LogP contribution in [0.2, 0.25) is 0 Å². The zero-order valence-corrected chi connectivity index (χ0v) is 8.79. The zero-order valence-electron chi connectivity index (χ0n) is 8.79. The Bertz CT molecular complexity index is 223. The lowest BCUT2D eigenvalue weighted by atomic mass is 10.2. The molecular formula is C11H19N3. The van der Waals surface area contributed by atoms with Crippen LogP contribution in [-0.2, 0) is 6.54 Å². The highest BCUT2D eigenvalue weighted by Crippen LogP contribution is 1.94. The van der Waals surface area contributed by atoms with Crippen LogP contribution in [0.3, 0.4) is 0 Å². The first-order valence-electron chi connectivity index (χ1n) is 5.17. The number of aromatic nitrogens is 1. The van der Waals surface area contributed by atoms with Gasteiger partial charge in [-0.3, -0.25) is 4.98 Å². The Hall–Kier alpha value is -0.930. The van der Waals surface area contributed by atoms with Gasteiger partial charge in [0.05, 0.1) is 0 Å². The monoisotopic (exact) mass is 193 g/mol. The fraction of sp³-hybridized carbons (Fsp3) is 0.545. The van der Waals surface area contributed by atoms with Gasteiger partial charge in [0.2, 0.25) is 0 Å². The van der Waals surface area contributed by atoms with Gasteiger partial charge in [-0.25, -0.2) is 0 Å². The van der Waals surface area contributed by atoms with Crippen molar-refractivity contribution in [2.45, 2.75) is 19.4 Å². The van der Waals surface area contributed by atoms with Crippen molar-refractivity contribution in [3.63, 3.8) is 0 Å². The van der Waals surface area contributed by atoms with E-state index in [9.17, 15) is 0 Å². The molecule has 3 nitrogen and oxygen atoms in total. The highest BCUT2D eigenvalue weighted by molar-refractivity contribution is 5.07. The first-order valence-corrected chi connectivity index (χ1v) is 5.17. The summed E-state index contributed by atoms with van der Waals surface area (Å²) in [6.45, 7) is 3.11. The van der Waals surface area contributed by atoms with Crippen LogP contribution in [-0.4, -0.2) is 25.1 Å². The van der Waals surface area contributed by atoms with Gasteiger partial charge in [-0.1, -0.05) is 6.07 Å². The molecule has 2 N–H and O–H groups in total. The normalized spacial score (nSPS) is 10.4. The minimum Gasteiger partial charge on any atom is -0.320 e. The number of hydrogen-bond donors (Lipinski definition) is 2. The highest BCUT2D eigenvalue weighted by atomic mass is 14.9. The number of nitrogens with one attached hydrogen (secondary N) is 2. The third-order valence-corrected chi connectivity index (χ3v) is 2.08. The van der Waals surface area contributed by atoms with E-state index < -0.39 is 0 Å². The number of rotatable bonds is 7. The van der Waals surface area contributed by atoms with Gasteiger partial charge in [0, 0.05) is 18.9 Å². The lowest BCUT2D eigenvalue weighted by molar-refractivity contribution is 0.605. The maximum atomic E-state index is 4.06. The van der Waals surface area contributed by atoms with Gasteiger partial charge >= 0.3 is 0 Å². The van der Waals surface area contributed by atoms with E-state index in [4.69, 9.17) is 0 Å². The van der Waals surface area contributed by atoms with Crippen molar-refractivity contribution in [1.29, 1.82) is 0 Å². The minimum absolute atomic E-state index is 0.924. The average Bonchev–Trinajstić information content (AvgIpc) is 2.25. The largest absolute Gasteiger partial charge is 0.320 e. The summed E-state index contributed by atoms with van der Waals surface area (Å²) in [6, 6.07) is 4.06.